The zero-order valence-electron chi connectivity index (χ0n) is 12.4. The minimum atomic E-state index is -0.769. The van der Waals surface area contributed by atoms with Crippen LogP contribution in [0, 0.1) is 23.1 Å². The molecule has 0 saturated carbocycles. The summed E-state index contributed by atoms with van der Waals surface area (Å²) in [6, 6.07) is 12.5. The Morgan fingerprint density at radius 1 is 1.36 bits per heavy atom. The molecule has 22 heavy (non-hydrogen) atoms. The first-order chi connectivity index (χ1) is 10.5. The summed E-state index contributed by atoms with van der Waals surface area (Å²) in [5.41, 5.74) is 1.15. The molecule has 2 nitrogen and oxygen atoms in total. The number of hydrogen-bond acceptors (Lipinski definition) is 2. The molecule has 1 heterocycles. The summed E-state index contributed by atoms with van der Waals surface area (Å²) in [5.74, 6) is 0.479. The SMILES string of the molecule is CC1Cc2cccc(Br)c2OC1(C)c1ccc(C#N)cc1F. The van der Waals surface area contributed by atoms with E-state index >= 15 is 0 Å². The fourth-order valence-electron chi connectivity index (χ4n) is 2.97. The molecule has 2 aromatic carbocycles. The largest absolute Gasteiger partial charge is 0.481 e. The molecule has 0 bridgehead atoms. The molecule has 0 saturated heterocycles. The Kier molecular flexibility index (Phi) is 3.70. The Bertz CT molecular complexity index is 783. The molecule has 3 rings (SSSR count). The number of benzene rings is 2. The molecule has 1 aliphatic heterocycles. The van der Waals surface area contributed by atoms with E-state index in [-0.39, 0.29) is 5.92 Å². The first-order valence-electron chi connectivity index (χ1n) is 7.12. The van der Waals surface area contributed by atoms with Crippen LogP contribution in [0.3, 0.4) is 0 Å². The van der Waals surface area contributed by atoms with Gasteiger partial charge in [0.15, 0.2) is 0 Å². The molecule has 112 valence electrons. The van der Waals surface area contributed by atoms with E-state index in [0.717, 1.165) is 22.2 Å². The average molecular weight is 360 g/mol. The molecule has 0 radical (unpaired) electrons. The fraction of sp³-hybridized carbons (Fsp3) is 0.278. The lowest BCUT2D eigenvalue weighted by atomic mass is 9.77. The summed E-state index contributed by atoms with van der Waals surface area (Å²) in [4.78, 5) is 0. The molecule has 0 N–H and O–H groups in total. The number of rotatable bonds is 1. The third kappa shape index (κ3) is 2.30. The smallest absolute Gasteiger partial charge is 0.138 e. The predicted octanol–water partition coefficient (Wildman–Crippen LogP) is 4.95. The molecule has 2 atom stereocenters. The van der Waals surface area contributed by atoms with E-state index in [1.54, 1.807) is 12.1 Å². The van der Waals surface area contributed by atoms with Gasteiger partial charge in [-0.25, -0.2) is 4.39 Å². The second-order valence-electron chi connectivity index (χ2n) is 5.85. The van der Waals surface area contributed by atoms with Crippen LogP contribution in [0.5, 0.6) is 5.75 Å². The number of nitriles is 1. The van der Waals surface area contributed by atoms with Crippen molar-refractivity contribution in [3.05, 3.63) is 63.4 Å². The Balaban J connectivity index is 2.10. The van der Waals surface area contributed by atoms with Gasteiger partial charge in [0.05, 0.1) is 16.1 Å². The number of ether oxygens (including phenoxy) is 1. The van der Waals surface area contributed by atoms with Gasteiger partial charge >= 0.3 is 0 Å². The van der Waals surface area contributed by atoms with Crippen molar-refractivity contribution in [2.75, 3.05) is 0 Å². The van der Waals surface area contributed by atoms with Crippen molar-refractivity contribution in [1.29, 1.82) is 5.26 Å². The number of fused-ring (bicyclic) bond motifs is 1. The number of halogens is 2. The van der Waals surface area contributed by atoms with Gasteiger partial charge in [0.25, 0.3) is 0 Å². The van der Waals surface area contributed by atoms with E-state index in [2.05, 4.69) is 22.9 Å². The second kappa shape index (κ2) is 5.40. The molecular formula is C18H15BrFNO. The highest BCUT2D eigenvalue weighted by molar-refractivity contribution is 9.10. The maximum absolute atomic E-state index is 14.5. The molecule has 2 aromatic rings. The molecular weight excluding hydrogens is 345 g/mol. The minimum Gasteiger partial charge on any atom is -0.481 e. The van der Waals surface area contributed by atoms with Gasteiger partial charge in [-0.3, -0.25) is 0 Å². The monoisotopic (exact) mass is 359 g/mol. The highest BCUT2D eigenvalue weighted by atomic mass is 79.9. The lowest BCUT2D eigenvalue weighted by molar-refractivity contribution is 0.00922. The quantitative estimate of drug-likeness (QED) is 0.721. The number of nitrogens with zero attached hydrogens (tertiary/aromatic N) is 1. The van der Waals surface area contributed by atoms with Crippen molar-refractivity contribution in [2.24, 2.45) is 5.92 Å². The summed E-state index contributed by atoms with van der Waals surface area (Å²) >= 11 is 3.51. The van der Waals surface area contributed by atoms with E-state index in [9.17, 15) is 4.39 Å². The van der Waals surface area contributed by atoms with Gasteiger partial charge < -0.3 is 4.74 Å². The van der Waals surface area contributed by atoms with E-state index in [4.69, 9.17) is 10.00 Å². The lowest BCUT2D eigenvalue weighted by Crippen LogP contribution is -2.41. The van der Waals surface area contributed by atoms with Gasteiger partial charge in [0, 0.05) is 11.5 Å². The Labute approximate surface area is 137 Å². The average Bonchev–Trinajstić information content (AvgIpc) is 2.49. The minimum absolute atomic E-state index is 0.108. The van der Waals surface area contributed by atoms with Crippen molar-refractivity contribution >= 4 is 15.9 Å². The van der Waals surface area contributed by atoms with Crippen LogP contribution in [0.1, 0.15) is 30.5 Å². The summed E-state index contributed by atoms with van der Waals surface area (Å²) in [5, 5.41) is 8.89. The van der Waals surface area contributed by atoms with Crippen molar-refractivity contribution in [2.45, 2.75) is 25.9 Å². The third-order valence-corrected chi connectivity index (χ3v) is 5.09. The van der Waals surface area contributed by atoms with E-state index in [1.807, 2.05) is 31.2 Å². The number of hydrogen-bond donors (Lipinski definition) is 0. The van der Waals surface area contributed by atoms with Gasteiger partial charge in [-0.1, -0.05) is 25.1 Å². The normalized spacial score (nSPS) is 23.3. The van der Waals surface area contributed by atoms with Crippen LogP contribution >= 0.6 is 15.9 Å². The standard InChI is InChI=1S/C18H15BrFNO/c1-11-8-13-4-3-5-15(19)17(13)22-18(11,2)14-7-6-12(10-21)9-16(14)20/h3-7,9,11H,8H2,1-2H3. The zero-order chi connectivity index (χ0) is 15.9. The summed E-state index contributed by atoms with van der Waals surface area (Å²) in [6.07, 6.45) is 0.810. The van der Waals surface area contributed by atoms with Gasteiger partial charge in [-0.15, -0.1) is 0 Å². The molecule has 2 unspecified atom stereocenters. The molecule has 0 fully saturated rings. The summed E-state index contributed by atoms with van der Waals surface area (Å²) in [7, 11) is 0. The molecule has 0 aliphatic carbocycles. The van der Waals surface area contributed by atoms with Crippen LogP contribution in [-0.4, -0.2) is 0 Å². The van der Waals surface area contributed by atoms with Crippen LogP contribution in [0.25, 0.3) is 0 Å². The Morgan fingerprint density at radius 2 is 2.14 bits per heavy atom. The Hall–Kier alpha value is -1.86. The topological polar surface area (TPSA) is 33.0 Å². The maximum Gasteiger partial charge on any atom is 0.138 e. The van der Waals surface area contributed by atoms with E-state index in [0.29, 0.717) is 11.1 Å². The highest BCUT2D eigenvalue weighted by Gasteiger charge is 2.42. The van der Waals surface area contributed by atoms with Gasteiger partial charge in [0.2, 0.25) is 0 Å². The summed E-state index contributed by atoms with van der Waals surface area (Å²) < 4.78 is 21.6. The van der Waals surface area contributed by atoms with Crippen LogP contribution in [0.2, 0.25) is 0 Å². The Morgan fingerprint density at radius 3 is 2.82 bits per heavy atom. The van der Waals surface area contributed by atoms with Crippen LogP contribution in [-0.2, 0) is 12.0 Å². The molecule has 0 aromatic heterocycles. The van der Waals surface area contributed by atoms with Gasteiger partial charge in [-0.05, 0) is 53.0 Å². The van der Waals surface area contributed by atoms with E-state index < -0.39 is 11.4 Å². The highest BCUT2D eigenvalue weighted by Crippen LogP contribution is 2.46. The van der Waals surface area contributed by atoms with Crippen LogP contribution < -0.4 is 4.74 Å². The van der Waals surface area contributed by atoms with Crippen molar-refractivity contribution in [1.82, 2.24) is 0 Å². The van der Waals surface area contributed by atoms with Gasteiger partial charge in [-0.2, -0.15) is 5.26 Å². The first kappa shape index (κ1) is 15.1. The number of para-hydroxylation sites is 1. The second-order valence-corrected chi connectivity index (χ2v) is 6.70. The van der Waals surface area contributed by atoms with Crippen molar-refractivity contribution in [3.63, 3.8) is 0 Å². The lowest BCUT2D eigenvalue weighted by Gasteiger charge is -2.41. The molecule has 1 aliphatic rings. The first-order valence-corrected chi connectivity index (χ1v) is 7.91. The van der Waals surface area contributed by atoms with Crippen molar-refractivity contribution < 1.29 is 9.13 Å². The maximum atomic E-state index is 14.5. The molecule has 4 heteroatoms. The van der Waals surface area contributed by atoms with Gasteiger partial charge in [0.1, 0.15) is 17.2 Å². The molecule has 0 amide bonds. The molecule has 0 spiro atoms. The van der Waals surface area contributed by atoms with Crippen molar-refractivity contribution in [3.8, 4) is 11.8 Å². The third-order valence-electron chi connectivity index (χ3n) is 4.46. The fourth-order valence-corrected chi connectivity index (χ4v) is 3.46. The summed E-state index contributed by atoms with van der Waals surface area (Å²) in [6.45, 7) is 3.96. The zero-order valence-corrected chi connectivity index (χ0v) is 13.9. The van der Waals surface area contributed by atoms with Crippen LogP contribution in [0.15, 0.2) is 40.9 Å². The van der Waals surface area contributed by atoms with E-state index in [1.165, 1.54) is 6.07 Å². The predicted molar refractivity (Wildman–Crippen MR) is 86.1 cm³/mol. The van der Waals surface area contributed by atoms with Crippen LogP contribution in [0.4, 0.5) is 4.39 Å².